The van der Waals surface area contributed by atoms with Gasteiger partial charge >= 0.3 is 11.4 Å². The molecule has 0 amide bonds. The average molecular weight is 221 g/mol. The van der Waals surface area contributed by atoms with Gasteiger partial charge in [0.15, 0.2) is 11.5 Å². The Kier molecular flexibility index (Phi) is 1.62. The van der Waals surface area contributed by atoms with Crippen molar-refractivity contribution >= 4 is 10.9 Å². The van der Waals surface area contributed by atoms with Crippen molar-refractivity contribution in [1.29, 1.82) is 0 Å². The van der Waals surface area contributed by atoms with Crippen molar-refractivity contribution in [2.24, 2.45) is 7.05 Å². The maximum absolute atomic E-state index is 11.5. The summed E-state index contributed by atoms with van der Waals surface area (Å²) in [6.07, 6.45) is 0. The van der Waals surface area contributed by atoms with Crippen molar-refractivity contribution in [1.82, 2.24) is 4.57 Å². The summed E-state index contributed by atoms with van der Waals surface area (Å²) in [6, 6.07) is 3.11. The number of fused-ring (bicyclic) bond motifs is 2. The number of rotatable bonds is 0. The number of aromatic nitrogens is 1. The zero-order valence-corrected chi connectivity index (χ0v) is 8.35. The third-order valence-electron chi connectivity index (χ3n) is 2.53. The predicted molar refractivity (Wildman–Crippen MR) is 53.8 cm³/mol. The Balaban J connectivity index is 2.53. The smallest absolute Gasteiger partial charge is 0.422 e. The molecule has 1 aliphatic heterocycles. The van der Waals surface area contributed by atoms with Gasteiger partial charge in [0.2, 0.25) is 6.79 Å². The molecule has 0 N–H and O–H groups in total. The molecule has 2 aromatic rings. The van der Waals surface area contributed by atoms with E-state index >= 15 is 0 Å². The molecule has 0 atom stereocenters. The molecule has 0 saturated carbocycles. The standard InChI is InChI=1S/C10H7NO5/c1-11-6-3-8-7(14-4-15-8)2-5(6)9(12)16-10(11)13/h2-3H,4H2,1H3. The topological polar surface area (TPSA) is 70.7 Å². The molecular formula is C10H7NO5. The van der Waals surface area contributed by atoms with Gasteiger partial charge in [0, 0.05) is 19.2 Å². The molecule has 0 radical (unpaired) electrons. The molecule has 6 nitrogen and oxygen atoms in total. The Bertz CT molecular complexity index is 697. The minimum Gasteiger partial charge on any atom is -0.454 e. The Morgan fingerprint density at radius 2 is 1.88 bits per heavy atom. The Labute approximate surface area is 88.6 Å². The highest BCUT2D eigenvalue weighted by atomic mass is 16.7. The highest BCUT2D eigenvalue weighted by molar-refractivity contribution is 5.82. The van der Waals surface area contributed by atoms with Crippen molar-refractivity contribution in [3.8, 4) is 11.5 Å². The van der Waals surface area contributed by atoms with Crippen LogP contribution in [-0.2, 0) is 7.05 Å². The molecule has 0 fully saturated rings. The van der Waals surface area contributed by atoms with Crippen LogP contribution in [0.15, 0.2) is 26.1 Å². The molecule has 1 aromatic heterocycles. The van der Waals surface area contributed by atoms with Crippen LogP contribution < -0.4 is 20.9 Å². The van der Waals surface area contributed by atoms with Gasteiger partial charge in [-0.25, -0.2) is 9.59 Å². The number of hydrogen-bond acceptors (Lipinski definition) is 5. The van der Waals surface area contributed by atoms with Crippen LogP contribution >= 0.6 is 0 Å². The van der Waals surface area contributed by atoms with Crippen LogP contribution in [0.4, 0.5) is 0 Å². The Morgan fingerprint density at radius 1 is 1.19 bits per heavy atom. The van der Waals surface area contributed by atoms with Crippen molar-refractivity contribution < 1.29 is 13.9 Å². The fourth-order valence-corrected chi connectivity index (χ4v) is 1.67. The van der Waals surface area contributed by atoms with E-state index in [2.05, 4.69) is 4.42 Å². The van der Waals surface area contributed by atoms with E-state index in [1.165, 1.54) is 17.7 Å². The van der Waals surface area contributed by atoms with Crippen LogP contribution in [-0.4, -0.2) is 11.4 Å². The number of nitrogens with zero attached hydrogens (tertiary/aromatic N) is 1. The van der Waals surface area contributed by atoms with Crippen LogP contribution in [0.1, 0.15) is 0 Å². The molecule has 0 unspecified atom stereocenters. The fraction of sp³-hybridized carbons (Fsp3) is 0.200. The summed E-state index contributed by atoms with van der Waals surface area (Å²) in [7, 11) is 1.52. The molecule has 0 bridgehead atoms. The minimum atomic E-state index is -0.698. The first-order chi connectivity index (χ1) is 7.66. The van der Waals surface area contributed by atoms with Crippen LogP contribution in [0.3, 0.4) is 0 Å². The zero-order chi connectivity index (χ0) is 11.3. The van der Waals surface area contributed by atoms with Crippen molar-refractivity contribution in [2.75, 3.05) is 6.79 Å². The lowest BCUT2D eigenvalue weighted by Gasteiger charge is -2.03. The van der Waals surface area contributed by atoms with Crippen LogP contribution in [0, 0.1) is 0 Å². The molecule has 6 heteroatoms. The van der Waals surface area contributed by atoms with E-state index in [1.54, 1.807) is 6.07 Å². The lowest BCUT2D eigenvalue weighted by atomic mass is 10.2. The number of hydrogen-bond donors (Lipinski definition) is 0. The number of aryl methyl sites for hydroxylation is 1. The molecule has 0 saturated heterocycles. The monoisotopic (exact) mass is 221 g/mol. The fourth-order valence-electron chi connectivity index (χ4n) is 1.67. The second-order valence-electron chi connectivity index (χ2n) is 3.44. The second kappa shape index (κ2) is 2.88. The van der Waals surface area contributed by atoms with Gasteiger partial charge in [0.05, 0.1) is 10.9 Å². The van der Waals surface area contributed by atoms with Crippen LogP contribution in [0.5, 0.6) is 11.5 Å². The molecule has 82 valence electrons. The molecule has 0 spiro atoms. The van der Waals surface area contributed by atoms with Gasteiger partial charge in [-0.3, -0.25) is 4.57 Å². The van der Waals surface area contributed by atoms with Crippen molar-refractivity contribution in [2.45, 2.75) is 0 Å². The zero-order valence-electron chi connectivity index (χ0n) is 8.35. The highest BCUT2D eigenvalue weighted by Gasteiger charge is 2.17. The molecule has 2 heterocycles. The maximum atomic E-state index is 11.5. The van der Waals surface area contributed by atoms with Gasteiger partial charge < -0.3 is 13.9 Å². The molecule has 1 aromatic carbocycles. The maximum Gasteiger partial charge on any atom is 0.422 e. The van der Waals surface area contributed by atoms with Gasteiger partial charge in [0.25, 0.3) is 0 Å². The lowest BCUT2D eigenvalue weighted by molar-refractivity contribution is 0.174. The van der Waals surface area contributed by atoms with E-state index in [0.717, 1.165) is 0 Å². The normalized spacial score (nSPS) is 13.3. The SMILES string of the molecule is Cn1c(=O)oc(=O)c2cc3c(cc21)OCO3. The third kappa shape index (κ3) is 1.06. The molecule has 16 heavy (non-hydrogen) atoms. The largest absolute Gasteiger partial charge is 0.454 e. The van der Waals surface area contributed by atoms with Gasteiger partial charge in [-0.15, -0.1) is 0 Å². The summed E-state index contributed by atoms with van der Waals surface area (Å²) >= 11 is 0. The molecule has 3 rings (SSSR count). The Hall–Kier alpha value is -2.24. The summed E-state index contributed by atoms with van der Waals surface area (Å²) in [5, 5.41) is 0.298. The van der Waals surface area contributed by atoms with E-state index in [9.17, 15) is 9.59 Å². The van der Waals surface area contributed by atoms with Gasteiger partial charge in [-0.05, 0) is 0 Å². The van der Waals surface area contributed by atoms with E-state index < -0.39 is 11.4 Å². The van der Waals surface area contributed by atoms with Crippen molar-refractivity contribution in [3.63, 3.8) is 0 Å². The number of benzene rings is 1. The quantitative estimate of drug-likeness (QED) is 0.636. The van der Waals surface area contributed by atoms with Gasteiger partial charge in [-0.1, -0.05) is 0 Å². The predicted octanol–water partition coefficient (Wildman–Crippen LogP) is 0.220. The van der Waals surface area contributed by atoms with Gasteiger partial charge in [-0.2, -0.15) is 0 Å². The molecule has 1 aliphatic rings. The summed E-state index contributed by atoms with van der Waals surface area (Å²) in [5.74, 6) is 0.308. The lowest BCUT2D eigenvalue weighted by Crippen LogP contribution is -2.22. The first kappa shape index (κ1) is 9.02. The van der Waals surface area contributed by atoms with Crippen LogP contribution in [0.2, 0.25) is 0 Å². The highest BCUT2D eigenvalue weighted by Crippen LogP contribution is 2.34. The van der Waals surface area contributed by atoms with Crippen LogP contribution in [0.25, 0.3) is 10.9 Å². The summed E-state index contributed by atoms with van der Waals surface area (Å²) in [4.78, 5) is 22.8. The number of ether oxygens (including phenoxy) is 2. The summed E-state index contributed by atoms with van der Waals surface area (Å²) < 4.78 is 16.1. The van der Waals surface area contributed by atoms with E-state index in [1.807, 2.05) is 0 Å². The first-order valence-corrected chi connectivity index (χ1v) is 4.60. The van der Waals surface area contributed by atoms with E-state index in [0.29, 0.717) is 22.4 Å². The molecular weight excluding hydrogens is 214 g/mol. The molecule has 0 aliphatic carbocycles. The van der Waals surface area contributed by atoms with Gasteiger partial charge in [0.1, 0.15) is 0 Å². The Morgan fingerprint density at radius 3 is 2.62 bits per heavy atom. The van der Waals surface area contributed by atoms with Crippen molar-refractivity contribution in [3.05, 3.63) is 33.1 Å². The third-order valence-corrected chi connectivity index (χ3v) is 2.53. The minimum absolute atomic E-state index is 0.116. The first-order valence-electron chi connectivity index (χ1n) is 4.60. The summed E-state index contributed by atoms with van der Waals surface area (Å²) in [5.41, 5.74) is -0.207. The van der Waals surface area contributed by atoms with E-state index in [-0.39, 0.29) is 6.79 Å². The summed E-state index contributed by atoms with van der Waals surface area (Å²) in [6.45, 7) is 0.116. The average Bonchev–Trinajstić information content (AvgIpc) is 2.71. The van der Waals surface area contributed by atoms with E-state index in [4.69, 9.17) is 9.47 Å². The second-order valence-corrected chi connectivity index (χ2v) is 3.44.